The van der Waals surface area contributed by atoms with Gasteiger partial charge < -0.3 is 4.74 Å². The van der Waals surface area contributed by atoms with E-state index in [9.17, 15) is 0 Å². The fourth-order valence-electron chi connectivity index (χ4n) is 8.85. The van der Waals surface area contributed by atoms with Gasteiger partial charge in [-0.1, -0.05) is 133 Å². The first-order chi connectivity index (χ1) is 22.8. The van der Waals surface area contributed by atoms with Crippen LogP contribution in [-0.4, -0.2) is 0 Å². The maximum absolute atomic E-state index is 6.55. The van der Waals surface area contributed by atoms with E-state index < -0.39 is 0 Å². The molecule has 0 fully saturated rings. The minimum atomic E-state index is -0.364. The summed E-state index contributed by atoms with van der Waals surface area (Å²) in [5.41, 5.74) is 15.2. The van der Waals surface area contributed by atoms with E-state index in [1.165, 1.54) is 82.7 Å². The van der Waals surface area contributed by atoms with Gasteiger partial charge in [-0.3, -0.25) is 0 Å². The Morgan fingerprint density at radius 2 is 1.04 bits per heavy atom. The molecule has 1 spiro atoms. The van der Waals surface area contributed by atoms with E-state index in [1.807, 2.05) is 6.07 Å². The fraction of sp³-hybridized carbons (Fsp3) is 0.0222. The average molecular weight is 583 g/mol. The first kappa shape index (κ1) is 24.4. The van der Waals surface area contributed by atoms with Crippen LogP contribution in [0.15, 0.2) is 158 Å². The number of benzene rings is 8. The lowest BCUT2D eigenvalue weighted by atomic mass is 9.70. The average Bonchev–Trinajstić information content (AvgIpc) is 3.59. The van der Waals surface area contributed by atoms with Gasteiger partial charge in [-0.2, -0.15) is 0 Å². The van der Waals surface area contributed by atoms with Crippen LogP contribution in [0, 0.1) is 0 Å². The molecule has 212 valence electrons. The lowest BCUT2D eigenvalue weighted by Gasteiger charge is -2.30. The van der Waals surface area contributed by atoms with Gasteiger partial charge in [0.2, 0.25) is 0 Å². The Bertz CT molecular complexity index is 2630. The summed E-state index contributed by atoms with van der Waals surface area (Å²) >= 11 is 0. The van der Waals surface area contributed by atoms with Crippen molar-refractivity contribution in [3.05, 3.63) is 180 Å². The molecule has 1 unspecified atom stereocenters. The first-order valence-electron chi connectivity index (χ1n) is 16.0. The normalized spacial score (nSPS) is 16.1. The van der Waals surface area contributed by atoms with Crippen molar-refractivity contribution in [2.24, 2.45) is 0 Å². The molecule has 0 aromatic heterocycles. The van der Waals surface area contributed by atoms with Gasteiger partial charge in [0.25, 0.3) is 0 Å². The Hall–Kier alpha value is -5.92. The molecule has 0 N–H and O–H groups in total. The van der Waals surface area contributed by atoms with Gasteiger partial charge in [-0.15, -0.1) is 0 Å². The van der Waals surface area contributed by atoms with Gasteiger partial charge in [-0.05, 0) is 102 Å². The van der Waals surface area contributed by atoms with Crippen molar-refractivity contribution < 1.29 is 4.74 Å². The van der Waals surface area contributed by atoms with Crippen molar-refractivity contribution in [1.82, 2.24) is 0 Å². The summed E-state index contributed by atoms with van der Waals surface area (Å²) in [6.45, 7) is 0. The van der Waals surface area contributed by atoms with E-state index in [0.29, 0.717) is 0 Å². The molecular weight excluding hydrogens is 556 g/mol. The minimum absolute atomic E-state index is 0.364. The van der Waals surface area contributed by atoms with E-state index in [1.54, 1.807) is 0 Å². The SMILES string of the molecule is c1ccc2c(c1)Oc1cc(-c3ccc4c(c3)-c3ccccc3C43c4ccccc4-c4c3ccc3ccccc43)cc3cccc-2c13. The molecule has 8 aromatic carbocycles. The number of fused-ring (bicyclic) bond motifs is 14. The standard InChI is InChI=1S/C45H26O/c1-2-12-31-27(10-1)20-23-40-44(31)35-15-4-7-18-38(35)45(40)37-17-6-3-13-32(37)36-25-28(21-22-39(36)45)30-24-29-11-9-16-34-33-14-5-8-19-41(33)46-42(26-30)43(29)34/h1-26H. The number of ether oxygens (including phenoxy) is 1. The molecule has 11 rings (SSSR count). The van der Waals surface area contributed by atoms with E-state index in [-0.39, 0.29) is 5.41 Å². The zero-order valence-corrected chi connectivity index (χ0v) is 24.9. The predicted octanol–water partition coefficient (Wildman–Crippen LogP) is 11.8. The molecule has 1 aliphatic heterocycles. The summed E-state index contributed by atoms with van der Waals surface area (Å²) in [7, 11) is 0. The lowest BCUT2D eigenvalue weighted by Crippen LogP contribution is -2.25. The molecule has 1 nitrogen and oxygen atoms in total. The Balaban J connectivity index is 1.17. The lowest BCUT2D eigenvalue weighted by molar-refractivity contribution is 0.487. The van der Waals surface area contributed by atoms with Gasteiger partial charge in [0.15, 0.2) is 0 Å². The Morgan fingerprint density at radius 3 is 1.96 bits per heavy atom. The molecular formula is C45H26O. The largest absolute Gasteiger partial charge is 0.456 e. The van der Waals surface area contributed by atoms with Gasteiger partial charge >= 0.3 is 0 Å². The van der Waals surface area contributed by atoms with Crippen LogP contribution in [0.1, 0.15) is 22.3 Å². The van der Waals surface area contributed by atoms with Crippen LogP contribution < -0.4 is 4.74 Å². The number of hydrogen-bond donors (Lipinski definition) is 0. The highest BCUT2D eigenvalue weighted by molar-refractivity contribution is 6.08. The molecule has 0 amide bonds. The molecule has 2 aliphatic carbocycles. The topological polar surface area (TPSA) is 9.23 Å². The zero-order valence-electron chi connectivity index (χ0n) is 24.9. The summed E-state index contributed by atoms with van der Waals surface area (Å²) < 4.78 is 6.55. The van der Waals surface area contributed by atoms with Gasteiger partial charge in [0.1, 0.15) is 11.5 Å². The smallest absolute Gasteiger partial charge is 0.136 e. The molecule has 1 heteroatoms. The van der Waals surface area contributed by atoms with Crippen molar-refractivity contribution in [3.63, 3.8) is 0 Å². The van der Waals surface area contributed by atoms with Crippen molar-refractivity contribution in [3.8, 4) is 56.0 Å². The summed E-state index contributed by atoms with van der Waals surface area (Å²) in [5.74, 6) is 1.83. The van der Waals surface area contributed by atoms with Crippen LogP contribution in [0.25, 0.3) is 66.1 Å². The molecule has 0 saturated heterocycles. The predicted molar refractivity (Wildman–Crippen MR) is 189 cm³/mol. The van der Waals surface area contributed by atoms with Crippen molar-refractivity contribution >= 4 is 21.5 Å². The maximum atomic E-state index is 6.55. The Kier molecular flexibility index (Phi) is 4.57. The molecule has 0 radical (unpaired) electrons. The number of hydrogen-bond acceptors (Lipinski definition) is 1. The van der Waals surface area contributed by atoms with Crippen LogP contribution in [0.5, 0.6) is 11.5 Å². The van der Waals surface area contributed by atoms with Crippen LogP contribution >= 0.6 is 0 Å². The summed E-state index contributed by atoms with van der Waals surface area (Å²) in [5, 5.41) is 4.98. The van der Waals surface area contributed by atoms with Gasteiger partial charge in [0, 0.05) is 10.9 Å². The summed E-state index contributed by atoms with van der Waals surface area (Å²) in [6, 6.07) is 58.2. The third kappa shape index (κ3) is 2.91. The molecule has 1 heterocycles. The molecule has 1 atom stereocenters. The highest BCUT2D eigenvalue weighted by Crippen LogP contribution is 2.64. The summed E-state index contributed by atoms with van der Waals surface area (Å²) in [6.07, 6.45) is 0. The van der Waals surface area contributed by atoms with E-state index in [4.69, 9.17) is 4.74 Å². The fourth-order valence-corrected chi connectivity index (χ4v) is 8.85. The monoisotopic (exact) mass is 582 g/mol. The third-order valence-corrected chi connectivity index (χ3v) is 10.6. The van der Waals surface area contributed by atoms with Crippen LogP contribution in [0.2, 0.25) is 0 Å². The van der Waals surface area contributed by atoms with E-state index >= 15 is 0 Å². The second kappa shape index (κ2) is 8.62. The Morgan fingerprint density at radius 1 is 0.370 bits per heavy atom. The van der Waals surface area contributed by atoms with Gasteiger partial charge in [-0.25, -0.2) is 0 Å². The third-order valence-electron chi connectivity index (χ3n) is 10.6. The van der Waals surface area contributed by atoms with E-state index in [0.717, 1.165) is 17.1 Å². The number of rotatable bonds is 1. The second-order valence-corrected chi connectivity index (χ2v) is 12.8. The Labute approximate surface area is 267 Å². The molecule has 0 bridgehead atoms. The van der Waals surface area contributed by atoms with Crippen LogP contribution in [-0.2, 0) is 5.41 Å². The molecule has 46 heavy (non-hydrogen) atoms. The number of para-hydroxylation sites is 1. The molecule has 3 aliphatic rings. The first-order valence-corrected chi connectivity index (χ1v) is 16.0. The van der Waals surface area contributed by atoms with Crippen LogP contribution in [0.4, 0.5) is 0 Å². The minimum Gasteiger partial charge on any atom is -0.456 e. The highest BCUT2D eigenvalue weighted by atomic mass is 16.5. The quantitative estimate of drug-likeness (QED) is 0.187. The maximum Gasteiger partial charge on any atom is 0.136 e. The summed E-state index contributed by atoms with van der Waals surface area (Å²) in [4.78, 5) is 0. The van der Waals surface area contributed by atoms with E-state index in [2.05, 4.69) is 152 Å². The van der Waals surface area contributed by atoms with Crippen molar-refractivity contribution in [1.29, 1.82) is 0 Å². The van der Waals surface area contributed by atoms with Gasteiger partial charge in [0.05, 0.1) is 5.41 Å². The second-order valence-electron chi connectivity index (χ2n) is 12.8. The van der Waals surface area contributed by atoms with Crippen LogP contribution in [0.3, 0.4) is 0 Å². The molecule has 8 aromatic rings. The van der Waals surface area contributed by atoms with Crippen molar-refractivity contribution in [2.45, 2.75) is 5.41 Å². The molecule has 0 saturated carbocycles. The van der Waals surface area contributed by atoms with Crippen molar-refractivity contribution in [2.75, 3.05) is 0 Å². The highest BCUT2D eigenvalue weighted by Gasteiger charge is 2.51. The zero-order chi connectivity index (χ0) is 30.0.